The second-order valence-corrected chi connectivity index (χ2v) is 3.61. The molecule has 0 radical (unpaired) electrons. The van der Waals surface area contributed by atoms with Crippen LogP contribution in [0, 0.1) is 12.7 Å². The minimum Gasteiger partial charge on any atom is -0.505 e. The molecule has 0 aliphatic heterocycles. The van der Waals surface area contributed by atoms with Gasteiger partial charge in [-0.1, -0.05) is 12.1 Å². The number of halogens is 1. The number of ketones is 1. The van der Waals surface area contributed by atoms with Crippen molar-refractivity contribution in [3.05, 3.63) is 35.3 Å². The molecule has 3 nitrogen and oxygen atoms in total. The number of rotatable bonds is 1. The van der Waals surface area contributed by atoms with Crippen molar-refractivity contribution >= 4 is 16.7 Å². The highest BCUT2D eigenvalue weighted by atomic mass is 19.1. The van der Waals surface area contributed by atoms with E-state index in [1.54, 1.807) is 6.07 Å². The first kappa shape index (κ1) is 10.5. The van der Waals surface area contributed by atoms with Crippen molar-refractivity contribution < 1.29 is 14.3 Å². The van der Waals surface area contributed by atoms with E-state index in [2.05, 4.69) is 4.98 Å². The first-order valence-electron chi connectivity index (χ1n) is 4.81. The molecule has 0 amide bonds. The van der Waals surface area contributed by atoms with Gasteiger partial charge in [-0.3, -0.25) is 4.79 Å². The Hall–Kier alpha value is -1.97. The highest BCUT2D eigenvalue weighted by molar-refractivity contribution is 6.08. The van der Waals surface area contributed by atoms with Crippen molar-refractivity contribution in [1.29, 1.82) is 0 Å². The van der Waals surface area contributed by atoms with Crippen LogP contribution in [0.3, 0.4) is 0 Å². The minimum atomic E-state index is -0.497. The van der Waals surface area contributed by atoms with Gasteiger partial charge in [-0.2, -0.15) is 0 Å². The lowest BCUT2D eigenvalue weighted by atomic mass is 10.0. The number of Topliss-reactive ketones (excluding diaryl/α,β-unsaturated/α-hetero) is 1. The van der Waals surface area contributed by atoms with E-state index in [-0.39, 0.29) is 28.3 Å². The van der Waals surface area contributed by atoms with E-state index in [4.69, 9.17) is 0 Å². The molecule has 0 bridgehead atoms. The molecule has 2 aromatic rings. The molecule has 0 spiro atoms. The molecule has 1 N–H and O–H groups in total. The van der Waals surface area contributed by atoms with Crippen molar-refractivity contribution in [2.45, 2.75) is 13.8 Å². The van der Waals surface area contributed by atoms with Crippen LogP contribution in [0.5, 0.6) is 5.75 Å². The van der Waals surface area contributed by atoms with Gasteiger partial charge in [0.25, 0.3) is 0 Å². The van der Waals surface area contributed by atoms with Crippen LogP contribution in [0.1, 0.15) is 23.0 Å². The number of para-hydroxylation sites is 1. The Morgan fingerprint density at radius 2 is 2.12 bits per heavy atom. The summed E-state index contributed by atoms with van der Waals surface area (Å²) in [5, 5.41) is 10.1. The summed E-state index contributed by atoms with van der Waals surface area (Å²) in [7, 11) is 0. The second kappa shape index (κ2) is 3.56. The number of aryl methyl sites for hydroxylation is 1. The maximum Gasteiger partial charge on any atom is 0.164 e. The first-order valence-corrected chi connectivity index (χ1v) is 4.81. The number of hydrogen-bond acceptors (Lipinski definition) is 3. The largest absolute Gasteiger partial charge is 0.505 e. The lowest BCUT2D eigenvalue weighted by Crippen LogP contribution is -2.00. The van der Waals surface area contributed by atoms with Gasteiger partial charge in [0, 0.05) is 5.39 Å². The summed E-state index contributed by atoms with van der Waals surface area (Å²) in [6.07, 6.45) is 0. The topological polar surface area (TPSA) is 50.2 Å². The van der Waals surface area contributed by atoms with Crippen LogP contribution in [0.4, 0.5) is 4.39 Å². The highest BCUT2D eigenvalue weighted by Crippen LogP contribution is 2.29. The van der Waals surface area contributed by atoms with Crippen molar-refractivity contribution in [2.75, 3.05) is 0 Å². The van der Waals surface area contributed by atoms with Gasteiger partial charge >= 0.3 is 0 Å². The maximum absolute atomic E-state index is 13.5. The first-order chi connectivity index (χ1) is 7.52. The number of benzene rings is 1. The van der Waals surface area contributed by atoms with Crippen LogP contribution >= 0.6 is 0 Å². The number of aromatic hydroxyl groups is 1. The zero-order chi connectivity index (χ0) is 11.9. The smallest absolute Gasteiger partial charge is 0.164 e. The summed E-state index contributed by atoms with van der Waals surface area (Å²) >= 11 is 0. The Balaban J connectivity index is 3.00. The molecule has 0 unspecified atom stereocenters. The summed E-state index contributed by atoms with van der Waals surface area (Å²) in [6, 6.07) is 4.33. The zero-order valence-electron chi connectivity index (χ0n) is 8.91. The Labute approximate surface area is 91.5 Å². The molecule has 0 saturated heterocycles. The van der Waals surface area contributed by atoms with Gasteiger partial charge < -0.3 is 5.11 Å². The zero-order valence-corrected chi connectivity index (χ0v) is 8.91. The predicted molar refractivity (Wildman–Crippen MR) is 58.1 cm³/mol. The van der Waals surface area contributed by atoms with Crippen molar-refractivity contribution in [3.8, 4) is 5.75 Å². The van der Waals surface area contributed by atoms with Gasteiger partial charge in [-0.05, 0) is 19.9 Å². The fraction of sp³-hybridized carbons (Fsp3) is 0.167. The van der Waals surface area contributed by atoms with Gasteiger partial charge in [-0.15, -0.1) is 0 Å². The lowest BCUT2D eigenvalue weighted by molar-refractivity contribution is 0.101. The third-order valence-electron chi connectivity index (χ3n) is 2.47. The highest BCUT2D eigenvalue weighted by Gasteiger charge is 2.16. The fourth-order valence-electron chi connectivity index (χ4n) is 1.72. The summed E-state index contributed by atoms with van der Waals surface area (Å²) in [4.78, 5) is 15.4. The molecular weight excluding hydrogens is 209 g/mol. The number of hydrogen-bond donors (Lipinski definition) is 1. The molecular formula is C12H10FNO2. The monoisotopic (exact) mass is 219 g/mol. The van der Waals surface area contributed by atoms with Crippen LogP contribution in [-0.4, -0.2) is 15.9 Å². The maximum atomic E-state index is 13.5. The minimum absolute atomic E-state index is 0.114. The average Bonchev–Trinajstić information content (AvgIpc) is 2.21. The van der Waals surface area contributed by atoms with Crippen LogP contribution in [0.2, 0.25) is 0 Å². The summed E-state index contributed by atoms with van der Waals surface area (Å²) in [6.45, 7) is 2.87. The number of fused-ring (bicyclic) bond motifs is 1. The molecule has 16 heavy (non-hydrogen) atoms. The average molecular weight is 219 g/mol. The quantitative estimate of drug-likeness (QED) is 0.750. The van der Waals surface area contributed by atoms with Crippen LogP contribution < -0.4 is 0 Å². The molecule has 0 aliphatic rings. The predicted octanol–water partition coefficient (Wildman–Crippen LogP) is 2.59. The summed E-state index contributed by atoms with van der Waals surface area (Å²) < 4.78 is 13.5. The third-order valence-corrected chi connectivity index (χ3v) is 2.47. The van der Waals surface area contributed by atoms with Gasteiger partial charge in [0.05, 0.1) is 11.3 Å². The second-order valence-electron chi connectivity index (χ2n) is 3.61. The molecule has 0 atom stereocenters. The molecule has 2 rings (SSSR count). The van der Waals surface area contributed by atoms with Gasteiger partial charge in [0.1, 0.15) is 17.1 Å². The van der Waals surface area contributed by atoms with Crippen molar-refractivity contribution in [3.63, 3.8) is 0 Å². The molecule has 82 valence electrons. The van der Waals surface area contributed by atoms with Crippen molar-refractivity contribution in [1.82, 2.24) is 4.98 Å². The summed E-state index contributed by atoms with van der Waals surface area (Å²) in [5.74, 6) is -0.979. The van der Waals surface area contributed by atoms with E-state index < -0.39 is 5.82 Å². The number of carbonyl (C=O) groups is 1. The van der Waals surface area contributed by atoms with Crippen LogP contribution in [0.25, 0.3) is 10.9 Å². The number of nitrogens with zero attached hydrogens (tertiary/aromatic N) is 1. The molecule has 0 fully saturated rings. The molecule has 0 aliphatic carbocycles. The van der Waals surface area contributed by atoms with E-state index in [1.165, 1.54) is 26.0 Å². The van der Waals surface area contributed by atoms with E-state index in [0.29, 0.717) is 5.39 Å². The molecule has 1 heterocycles. The molecule has 1 aromatic carbocycles. The van der Waals surface area contributed by atoms with E-state index >= 15 is 0 Å². The summed E-state index contributed by atoms with van der Waals surface area (Å²) in [5.41, 5.74) is 0.493. The van der Waals surface area contributed by atoms with E-state index in [0.717, 1.165) is 0 Å². The van der Waals surface area contributed by atoms with E-state index in [9.17, 15) is 14.3 Å². The fourth-order valence-corrected chi connectivity index (χ4v) is 1.72. The number of pyridine rings is 1. The lowest BCUT2D eigenvalue weighted by Gasteiger charge is -2.08. The Morgan fingerprint density at radius 3 is 2.75 bits per heavy atom. The van der Waals surface area contributed by atoms with E-state index in [1.807, 2.05) is 0 Å². The standard InChI is InChI=1S/C12H10FNO2/c1-6-12(16)10(7(2)15)8-4-3-5-9(13)11(8)14-6/h3-5,16H,1-2H3. The van der Waals surface area contributed by atoms with Crippen LogP contribution in [0.15, 0.2) is 18.2 Å². The number of carbonyl (C=O) groups excluding carboxylic acids is 1. The van der Waals surface area contributed by atoms with Crippen molar-refractivity contribution in [2.24, 2.45) is 0 Å². The SMILES string of the molecule is CC(=O)c1c(O)c(C)nc2c(F)cccc12. The Bertz CT molecular complexity index is 593. The molecule has 0 saturated carbocycles. The normalized spacial score (nSPS) is 10.7. The third kappa shape index (κ3) is 1.43. The number of aromatic nitrogens is 1. The van der Waals surface area contributed by atoms with Crippen LogP contribution in [-0.2, 0) is 0 Å². The Kier molecular flexibility index (Phi) is 2.34. The van der Waals surface area contributed by atoms with Gasteiger partial charge in [-0.25, -0.2) is 9.37 Å². The van der Waals surface area contributed by atoms with Gasteiger partial charge in [0.2, 0.25) is 0 Å². The van der Waals surface area contributed by atoms with Gasteiger partial charge in [0.15, 0.2) is 5.78 Å². The molecule has 1 aromatic heterocycles. The molecule has 4 heteroatoms. The Morgan fingerprint density at radius 1 is 1.44 bits per heavy atom.